The van der Waals surface area contributed by atoms with E-state index < -0.39 is 18.5 Å². The fourth-order valence-corrected chi connectivity index (χ4v) is 2.48. The largest absolute Gasteiger partial charge is 0.452 e. The number of amides is 2. The van der Waals surface area contributed by atoms with E-state index in [1.165, 1.54) is 0 Å². The number of nitrogens with one attached hydrogen (secondary N) is 2. The maximum absolute atomic E-state index is 12.0. The number of carbonyl (C=O) groups is 3. The Labute approximate surface area is 164 Å². The van der Waals surface area contributed by atoms with E-state index in [2.05, 4.69) is 10.6 Å². The zero-order chi connectivity index (χ0) is 20.5. The van der Waals surface area contributed by atoms with E-state index in [0.29, 0.717) is 17.9 Å². The monoisotopic (exact) mass is 384 g/mol. The number of rotatable bonds is 8. The van der Waals surface area contributed by atoms with Gasteiger partial charge in [0.25, 0.3) is 5.91 Å². The Balaban J connectivity index is 1.77. The van der Waals surface area contributed by atoms with Gasteiger partial charge in [0.15, 0.2) is 6.61 Å². The number of hydrogen-bond donors (Lipinski definition) is 2. The first-order chi connectivity index (χ1) is 13.4. The standard InChI is InChI=1S/C21H24N2O5/c1-14-6-4-9-18(15(14)2)23-19(24)11-22-20(25)13-28-21(26)17-8-5-7-16(10-17)12-27-3/h4-10H,11-13H2,1-3H3,(H,22,25)(H,23,24). The molecule has 7 heteroatoms. The minimum absolute atomic E-state index is 0.215. The van der Waals surface area contributed by atoms with Crippen LogP contribution in [0.4, 0.5) is 5.69 Å². The van der Waals surface area contributed by atoms with Crippen molar-refractivity contribution in [3.63, 3.8) is 0 Å². The van der Waals surface area contributed by atoms with Crippen molar-refractivity contribution in [2.24, 2.45) is 0 Å². The van der Waals surface area contributed by atoms with E-state index in [9.17, 15) is 14.4 Å². The third-order valence-corrected chi connectivity index (χ3v) is 4.13. The Bertz CT molecular complexity index is 864. The van der Waals surface area contributed by atoms with Crippen LogP contribution < -0.4 is 10.6 Å². The maximum atomic E-state index is 12.0. The van der Waals surface area contributed by atoms with Gasteiger partial charge in [-0.1, -0.05) is 24.3 Å². The Morgan fingerprint density at radius 1 is 1.00 bits per heavy atom. The molecule has 2 rings (SSSR count). The molecule has 0 radical (unpaired) electrons. The summed E-state index contributed by atoms with van der Waals surface area (Å²) in [5.41, 5.74) is 3.87. The van der Waals surface area contributed by atoms with Gasteiger partial charge in [-0.15, -0.1) is 0 Å². The number of esters is 1. The smallest absolute Gasteiger partial charge is 0.338 e. The summed E-state index contributed by atoms with van der Waals surface area (Å²) in [7, 11) is 1.56. The molecule has 0 aliphatic heterocycles. The summed E-state index contributed by atoms with van der Waals surface area (Å²) >= 11 is 0. The van der Waals surface area contributed by atoms with Crippen LogP contribution >= 0.6 is 0 Å². The molecule has 0 aromatic heterocycles. The minimum atomic E-state index is -0.618. The summed E-state index contributed by atoms with van der Waals surface area (Å²) in [6, 6.07) is 12.4. The molecule has 148 valence electrons. The van der Waals surface area contributed by atoms with Crippen molar-refractivity contribution in [2.45, 2.75) is 20.5 Å². The van der Waals surface area contributed by atoms with Crippen molar-refractivity contribution in [3.8, 4) is 0 Å². The van der Waals surface area contributed by atoms with Crippen molar-refractivity contribution >= 4 is 23.5 Å². The van der Waals surface area contributed by atoms with Crippen LogP contribution in [0, 0.1) is 13.8 Å². The first-order valence-electron chi connectivity index (χ1n) is 8.78. The highest BCUT2D eigenvalue weighted by atomic mass is 16.5. The molecule has 2 N–H and O–H groups in total. The summed E-state index contributed by atoms with van der Waals surface area (Å²) in [4.78, 5) is 35.9. The lowest BCUT2D eigenvalue weighted by Crippen LogP contribution is -2.35. The van der Waals surface area contributed by atoms with Crippen molar-refractivity contribution in [1.82, 2.24) is 5.32 Å². The Kier molecular flexibility index (Phi) is 7.71. The summed E-state index contributed by atoms with van der Waals surface area (Å²) in [6.45, 7) is 3.55. The SMILES string of the molecule is COCc1cccc(C(=O)OCC(=O)NCC(=O)Nc2cccc(C)c2C)c1. The van der Waals surface area contributed by atoms with Crippen LogP contribution in [0.1, 0.15) is 27.0 Å². The topological polar surface area (TPSA) is 93.7 Å². The molecule has 2 aromatic rings. The summed E-state index contributed by atoms with van der Waals surface area (Å²) in [5, 5.41) is 5.17. The Morgan fingerprint density at radius 2 is 1.75 bits per heavy atom. The third kappa shape index (κ3) is 6.21. The second-order valence-electron chi connectivity index (χ2n) is 6.28. The molecule has 0 bridgehead atoms. The Hall–Kier alpha value is -3.19. The van der Waals surface area contributed by atoms with E-state index >= 15 is 0 Å². The van der Waals surface area contributed by atoms with Gasteiger partial charge >= 0.3 is 5.97 Å². The zero-order valence-corrected chi connectivity index (χ0v) is 16.2. The first kappa shape index (κ1) is 21.1. The van der Waals surface area contributed by atoms with Crippen LogP contribution in [0.5, 0.6) is 0 Å². The van der Waals surface area contributed by atoms with E-state index in [4.69, 9.17) is 9.47 Å². The first-order valence-corrected chi connectivity index (χ1v) is 8.78. The van der Waals surface area contributed by atoms with Crippen LogP contribution in [0.2, 0.25) is 0 Å². The molecule has 0 saturated carbocycles. The Morgan fingerprint density at radius 3 is 2.50 bits per heavy atom. The summed E-state index contributed by atoms with van der Waals surface area (Å²) in [5.74, 6) is -1.54. The van der Waals surface area contributed by atoms with Gasteiger partial charge in [-0.3, -0.25) is 9.59 Å². The van der Waals surface area contributed by atoms with Crippen LogP contribution in [0.25, 0.3) is 0 Å². The number of hydrogen-bond acceptors (Lipinski definition) is 5. The molecule has 28 heavy (non-hydrogen) atoms. The molecular weight excluding hydrogens is 360 g/mol. The van der Waals surface area contributed by atoms with Crippen LogP contribution in [0.15, 0.2) is 42.5 Å². The molecule has 0 heterocycles. The highest BCUT2D eigenvalue weighted by Crippen LogP contribution is 2.17. The third-order valence-electron chi connectivity index (χ3n) is 4.13. The number of anilines is 1. The average Bonchev–Trinajstić information content (AvgIpc) is 2.68. The lowest BCUT2D eigenvalue weighted by atomic mass is 10.1. The molecule has 0 aliphatic carbocycles. The van der Waals surface area contributed by atoms with Gasteiger partial charge in [-0.2, -0.15) is 0 Å². The molecule has 0 aliphatic rings. The highest BCUT2D eigenvalue weighted by Gasteiger charge is 2.12. The molecule has 2 amide bonds. The van der Waals surface area contributed by atoms with Crippen LogP contribution in [-0.2, 0) is 25.7 Å². The lowest BCUT2D eigenvalue weighted by Gasteiger charge is -2.11. The van der Waals surface area contributed by atoms with Gasteiger partial charge in [0.1, 0.15) is 0 Å². The molecular formula is C21H24N2O5. The van der Waals surface area contributed by atoms with Gasteiger partial charge in [-0.05, 0) is 48.7 Å². The number of benzene rings is 2. The highest BCUT2D eigenvalue weighted by molar-refractivity contribution is 5.96. The normalized spacial score (nSPS) is 10.2. The van der Waals surface area contributed by atoms with Crippen LogP contribution in [0.3, 0.4) is 0 Å². The lowest BCUT2D eigenvalue weighted by molar-refractivity contribution is -0.126. The minimum Gasteiger partial charge on any atom is -0.452 e. The van der Waals surface area contributed by atoms with E-state index in [1.807, 2.05) is 32.0 Å². The van der Waals surface area contributed by atoms with E-state index in [1.54, 1.807) is 31.4 Å². The van der Waals surface area contributed by atoms with Crippen molar-refractivity contribution in [3.05, 3.63) is 64.7 Å². The zero-order valence-electron chi connectivity index (χ0n) is 16.2. The van der Waals surface area contributed by atoms with Crippen molar-refractivity contribution in [2.75, 3.05) is 25.6 Å². The molecule has 0 spiro atoms. The van der Waals surface area contributed by atoms with Gasteiger partial charge in [-0.25, -0.2) is 4.79 Å². The number of carbonyl (C=O) groups excluding carboxylic acids is 3. The summed E-state index contributed by atoms with van der Waals surface area (Å²) in [6.07, 6.45) is 0. The van der Waals surface area contributed by atoms with E-state index in [0.717, 1.165) is 16.7 Å². The predicted octanol–water partition coefficient (Wildman–Crippen LogP) is 2.36. The average molecular weight is 384 g/mol. The van der Waals surface area contributed by atoms with Gasteiger partial charge in [0.2, 0.25) is 5.91 Å². The van der Waals surface area contributed by atoms with Crippen molar-refractivity contribution < 1.29 is 23.9 Å². The number of aryl methyl sites for hydroxylation is 1. The second-order valence-corrected chi connectivity index (χ2v) is 6.28. The molecule has 0 atom stereocenters. The molecule has 0 unspecified atom stereocenters. The molecule has 0 saturated heterocycles. The number of methoxy groups -OCH3 is 1. The predicted molar refractivity (Wildman–Crippen MR) is 105 cm³/mol. The van der Waals surface area contributed by atoms with Crippen molar-refractivity contribution in [1.29, 1.82) is 0 Å². The quantitative estimate of drug-likeness (QED) is 0.682. The molecule has 7 nitrogen and oxygen atoms in total. The fourth-order valence-electron chi connectivity index (χ4n) is 2.48. The van der Waals surface area contributed by atoms with Gasteiger partial charge in [0.05, 0.1) is 18.7 Å². The molecule has 2 aromatic carbocycles. The van der Waals surface area contributed by atoms with Gasteiger partial charge in [0, 0.05) is 12.8 Å². The second kappa shape index (κ2) is 10.2. The summed E-state index contributed by atoms with van der Waals surface area (Å²) < 4.78 is 10.0. The fraction of sp³-hybridized carbons (Fsp3) is 0.286. The number of ether oxygens (including phenoxy) is 2. The van der Waals surface area contributed by atoms with Gasteiger partial charge < -0.3 is 20.1 Å². The van der Waals surface area contributed by atoms with Crippen LogP contribution in [-0.4, -0.2) is 38.0 Å². The molecule has 0 fully saturated rings. The van der Waals surface area contributed by atoms with E-state index in [-0.39, 0.29) is 12.5 Å². The maximum Gasteiger partial charge on any atom is 0.338 e.